The lowest BCUT2D eigenvalue weighted by molar-refractivity contribution is 0.102. The average Bonchev–Trinajstić information content (AvgIpc) is 3.06. The molecule has 26 heavy (non-hydrogen) atoms. The summed E-state index contributed by atoms with van der Waals surface area (Å²) in [7, 11) is 1.59. The number of para-hydroxylation sites is 2. The number of rotatable bonds is 7. The largest absolute Gasteiger partial charge is 0.493 e. The molecule has 3 rings (SSSR count). The Hall–Kier alpha value is -3.02. The van der Waals surface area contributed by atoms with Crippen LogP contribution in [-0.2, 0) is 6.42 Å². The van der Waals surface area contributed by atoms with Gasteiger partial charge in [0.05, 0.1) is 25.1 Å². The van der Waals surface area contributed by atoms with Crippen molar-refractivity contribution >= 4 is 17.2 Å². The summed E-state index contributed by atoms with van der Waals surface area (Å²) in [4.78, 5) is 17.6. The molecule has 0 saturated carbocycles. The molecule has 1 N–H and O–H groups in total. The lowest BCUT2D eigenvalue weighted by atomic mass is 10.2. The molecule has 1 amide bonds. The standard InChI is InChI=1S/C20H23N3O3/c1-4-13-26-16-10-7-6-9-15(16)22-20(24)18-14(5-2)21-19-17(25-3)11-8-12-23(18)19/h6-12H,4-5,13H2,1-3H3,(H,22,24). The Morgan fingerprint density at radius 1 is 1.15 bits per heavy atom. The number of amides is 1. The second kappa shape index (κ2) is 7.91. The van der Waals surface area contributed by atoms with Crippen molar-refractivity contribution in [3.8, 4) is 11.5 Å². The third-order valence-corrected chi connectivity index (χ3v) is 4.05. The Bertz CT molecular complexity index is 918. The first-order valence-electron chi connectivity index (χ1n) is 8.76. The van der Waals surface area contributed by atoms with Crippen molar-refractivity contribution in [2.45, 2.75) is 26.7 Å². The van der Waals surface area contributed by atoms with E-state index in [0.29, 0.717) is 41.6 Å². The second-order valence-electron chi connectivity index (χ2n) is 5.83. The number of carbonyl (C=O) groups is 1. The number of benzene rings is 1. The minimum absolute atomic E-state index is 0.227. The number of anilines is 1. The number of carbonyl (C=O) groups excluding carboxylic acids is 1. The maximum atomic E-state index is 13.0. The van der Waals surface area contributed by atoms with Gasteiger partial charge in [-0.05, 0) is 37.1 Å². The first kappa shape index (κ1) is 17.8. The van der Waals surface area contributed by atoms with E-state index in [2.05, 4.69) is 10.3 Å². The number of hydrogen-bond donors (Lipinski definition) is 1. The summed E-state index contributed by atoms with van der Waals surface area (Å²) < 4.78 is 12.9. The third-order valence-electron chi connectivity index (χ3n) is 4.05. The molecule has 3 aromatic rings. The van der Waals surface area contributed by atoms with Gasteiger partial charge in [0, 0.05) is 6.20 Å². The third kappa shape index (κ3) is 3.35. The van der Waals surface area contributed by atoms with Gasteiger partial charge in [-0.2, -0.15) is 0 Å². The molecule has 0 saturated heterocycles. The molecular formula is C20H23N3O3. The smallest absolute Gasteiger partial charge is 0.274 e. The van der Waals surface area contributed by atoms with Crippen LogP contribution in [0.2, 0.25) is 0 Å². The predicted octanol–water partition coefficient (Wildman–Crippen LogP) is 3.95. The van der Waals surface area contributed by atoms with Gasteiger partial charge in [0.25, 0.3) is 5.91 Å². The Morgan fingerprint density at radius 3 is 2.65 bits per heavy atom. The Labute approximate surface area is 152 Å². The number of aromatic nitrogens is 2. The summed E-state index contributed by atoms with van der Waals surface area (Å²) in [6.07, 6.45) is 3.36. The van der Waals surface area contributed by atoms with Gasteiger partial charge in [-0.15, -0.1) is 0 Å². The van der Waals surface area contributed by atoms with E-state index in [1.807, 2.05) is 56.4 Å². The summed E-state index contributed by atoms with van der Waals surface area (Å²) in [6, 6.07) is 11.1. The topological polar surface area (TPSA) is 64.9 Å². The molecule has 6 heteroatoms. The molecule has 0 aliphatic heterocycles. The zero-order valence-electron chi connectivity index (χ0n) is 15.3. The lowest BCUT2D eigenvalue weighted by Crippen LogP contribution is -2.17. The predicted molar refractivity (Wildman–Crippen MR) is 101 cm³/mol. The van der Waals surface area contributed by atoms with Crippen LogP contribution >= 0.6 is 0 Å². The monoisotopic (exact) mass is 353 g/mol. The molecule has 1 aromatic carbocycles. The van der Waals surface area contributed by atoms with E-state index in [1.54, 1.807) is 11.5 Å². The van der Waals surface area contributed by atoms with Crippen molar-refractivity contribution in [3.63, 3.8) is 0 Å². The van der Waals surface area contributed by atoms with Gasteiger partial charge >= 0.3 is 0 Å². The molecule has 0 aliphatic rings. The maximum absolute atomic E-state index is 13.0. The van der Waals surface area contributed by atoms with Gasteiger partial charge in [0.15, 0.2) is 11.4 Å². The molecular weight excluding hydrogens is 330 g/mol. The van der Waals surface area contributed by atoms with Crippen LogP contribution in [0.25, 0.3) is 5.65 Å². The van der Waals surface area contributed by atoms with Crippen LogP contribution in [0.5, 0.6) is 11.5 Å². The Balaban J connectivity index is 1.99. The van der Waals surface area contributed by atoms with E-state index in [9.17, 15) is 4.79 Å². The van der Waals surface area contributed by atoms with Crippen LogP contribution in [0.15, 0.2) is 42.6 Å². The molecule has 0 bridgehead atoms. The number of aryl methyl sites for hydroxylation is 1. The normalized spacial score (nSPS) is 10.7. The highest BCUT2D eigenvalue weighted by Crippen LogP contribution is 2.27. The highest BCUT2D eigenvalue weighted by Gasteiger charge is 2.21. The molecule has 0 fully saturated rings. The number of nitrogens with one attached hydrogen (secondary N) is 1. The molecule has 0 atom stereocenters. The highest BCUT2D eigenvalue weighted by atomic mass is 16.5. The van der Waals surface area contributed by atoms with Crippen molar-refractivity contribution in [2.24, 2.45) is 0 Å². The van der Waals surface area contributed by atoms with Crippen molar-refractivity contribution in [3.05, 3.63) is 54.0 Å². The summed E-state index contributed by atoms with van der Waals surface area (Å²) in [6.45, 7) is 4.61. The van der Waals surface area contributed by atoms with E-state index >= 15 is 0 Å². The molecule has 6 nitrogen and oxygen atoms in total. The minimum atomic E-state index is -0.227. The first-order valence-corrected chi connectivity index (χ1v) is 8.76. The van der Waals surface area contributed by atoms with Crippen LogP contribution in [0.3, 0.4) is 0 Å². The first-order chi connectivity index (χ1) is 12.7. The van der Waals surface area contributed by atoms with Crippen LogP contribution in [0.4, 0.5) is 5.69 Å². The molecule has 136 valence electrons. The molecule has 0 spiro atoms. The van der Waals surface area contributed by atoms with Gasteiger partial charge in [0.2, 0.25) is 0 Å². The summed E-state index contributed by atoms with van der Waals surface area (Å²) >= 11 is 0. The summed E-state index contributed by atoms with van der Waals surface area (Å²) in [5, 5.41) is 2.96. The van der Waals surface area contributed by atoms with Crippen molar-refractivity contribution in [2.75, 3.05) is 19.0 Å². The SMILES string of the molecule is CCCOc1ccccc1NC(=O)c1c(CC)nc2c(OC)cccn12. The van der Waals surface area contributed by atoms with E-state index < -0.39 is 0 Å². The molecule has 0 radical (unpaired) electrons. The van der Waals surface area contributed by atoms with Crippen LogP contribution in [0, 0.1) is 0 Å². The molecule has 0 unspecified atom stereocenters. The maximum Gasteiger partial charge on any atom is 0.274 e. The van der Waals surface area contributed by atoms with Gasteiger partial charge in [-0.3, -0.25) is 9.20 Å². The quantitative estimate of drug-likeness (QED) is 0.698. The number of ether oxygens (including phenoxy) is 2. The van der Waals surface area contributed by atoms with Crippen LogP contribution < -0.4 is 14.8 Å². The van der Waals surface area contributed by atoms with Gasteiger partial charge in [-0.25, -0.2) is 4.98 Å². The molecule has 0 aliphatic carbocycles. The lowest BCUT2D eigenvalue weighted by Gasteiger charge is -2.12. The van der Waals surface area contributed by atoms with E-state index in [-0.39, 0.29) is 5.91 Å². The minimum Gasteiger partial charge on any atom is -0.493 e. The van der Waals surface area contributed by atoms with Crippen LogP contribution in [0.1, 0.15) is 36.5 Å². The zero-order chi connectivity index (χ0) is 18.5. The zero-order valence-corrected chi connectivity index (χ0v) is 15.3. The summed E-state index contributed by atoms with van der Waals surface area (Å²) in [5.74, 6) is 1.07. The van der Waals surface area contributed by atoms with Crippen molar-refractivity contribution in [1.29, 1.82) is 0 Å². The van der Waals surface area contributed by atoms with Crippen LogP contribution in [-0.4, -0.2) is 29.0 Å². The Morgan fingerprint density at radius 2 is 1.92 bits per heavy atom. The van der Waals surface area contributed by atoms with E-state index in [1.165, 1.54) is 0 Å². The van der Waals surface area contributed by atoms with E-state index in [4.69, 9.17) is 9.47 Å². The molecule has 2 heterocycles. The van der Waals surface area contributed by atoms with Gasteiger partial charge < -0.3 is 14.8 Å². The number of imidazole rings is 1. The van der Waals surface area contributed by atoms with Gasteiger partial charge in [-0.1, -0.05) is 26.0 Å². The highest BCUT2D eigenvalue weighted by molar-refractivity contribution is 6.05. The Kier molecular flexibility index (Phi) is 5.41. The van der Waals surface area contributed by atoms with Crippen molar-refractivity contribution < 1.29 is 14.3 Å². The van der Waals surface area contributed by atoms with Crippen molar-refractivity contribution in [1.82, 2.24) is 9.38 Å². The summed E-state index contributed by atoms with van der Waals surface area (Å²) in [5.41, 5.74) is 2.50. The number of hydrogen-bond acceptors (Lipinski definition) is 4. The average molecular weight is 353 g/mol. The fraction of sp³-hybridized carbons (Fsp3) is 0.300. The number of fused-ring (bicyclic) bond motifs is 1. The van der Waals surface area contributed by atoms with E-state index in [0.717, 1.165) is 12.1 Å². The number of methoxy groups -OCH3 is 1. The second-order valence-corrected chi connectivity index (χ2v) is 5.83. The fourth-order valence-corrected chi connectivity index (χ4v) is 2.83. The van der Waals surface area contributed by atoms with Gasteiger partial charge in [0.1, 0.15) is 11.4 Å². The molecule has 2 aromatic heterocycles. The fourth-order valence-electron chi connectivity index (χ4n) is 2.83. The number of nitrogens with zero attached hydrogens (tertiary/aromatic N) is 2. The number of pyridine rings is 1.